The first-order valence-electron chi connectivity index (χ1n) is 10.1. The average Bonchev–Trinajstić information content (AvgIpc) is 3.23. The van der Waals surface area contributed by atoms with E-state index in [4.69, 9.17) is 16.3 Å². The number of amides is 1. The number of nitrogens with one attached hydrogen (secondary N) is 1. The van der Waals surface area contributed by atoms with E-state index >= 15 is 0 Å². The number of para-hydroxylation sites is 1. The Kier molecular flexibility index (Phi) is 5.55. The van der Waals surface area contributed by atoms with Crippen LogP contribution in [0.2, 0.25) is 5.02 Å². The van der Waals surface area contributed by atoms with E-state index in [2.05, 4.69) is 5.32 Å². The summed E-state index contributed by atoms with van der Waals surface area (Å²) in [5.74, 6) is 0.325. The third-order valence-corrected chi connectivity index (χ3v) is 7.79. The lowest BCUT2D eigenvalue weighted by atomic mass is 9.89. The third-order valence-electron chi connectivity index (χ3n) is 5.57. The summed E-state index contributed by atoms with van der Waals surface area (Å²) >= 11 is 6.28. The maximum absolute atomic E-state index is 13.1. The molecule has 1 amide bonds. The molecule has 160 valence electrons. The summed E-state index contributed by atoms with van der Waals surface area (Å²) < 4.78 is 33.3. The Hall–Kier alpha value is -2.09. The van der Waals surface area contributed by atoms with Crippen molar-refractivity contribution in [3.8, 4) is 5.75 Å². The first-order chi connectivity index (χ1) is 14.2. The summed E-state index contributed by atoms with van der Waals surface area (Å²) in [6, 6.07) is 11.6. The first kappa shape index (κ1) is 21.2. The Morgan fingerprint density at radius 1 is 1.17 bits per heavy atom. The van der Waals surface area contributed by atoms with Gasteiger partial charge < -0.3 is 10.1 Å². The third kappa shape index (κ3) is 4.06. The lowest BCUT2D eigenvalue weighted by molar-refractivity contribution is 0.0619. The van der Waals surface area contributed by atoms with Crippen molar-refractivity contribution in [2.45, 2.75) is 49.6 Å². The van der Waals surface area contributed by atoms with E-state index in [0.29, 0.717) is 19.5 Å². The number of ether oxygens (including phenoxy) is 1. The number of hydrogen-bond donors (Lipinski definition) is 1. The van der Waals surface area contributed by atoms with E-state index in [9.17, 15) is 13.2 Å². The molecule has 0 saturated carbocycles. The van der Waals surface area contributed by atoms with Crippen LogP contribution in [0.3, 0.4) is 0 Å². The monoisotopic (exact) mass is 448 g/mol. The van der Waals surface area contributed by atoms with Crippen molar-refractivity contribution in [2.75, 3.05) is 13.1 Å². The number of carbonyl (C=O) groups excluding carboxylic acids is 1. The second-order valence-electron chi connectivity index (χ2n) is 8.38. The quantitative estimate of drug-likeness (QED) is 0.762. The van der Waals surface area contributed by atoms with Crippen LogP contribution in [0.4, 0.5) is 0 Å². The van der Waals surface area contributed by atoms with Gasteiger partial charge in [-0.1, -0.05) is 29.8 Å². The molecular formula is C22H25ClN2O4S. The molecule has 2 heterocycles. The van der Waals surface area contributed by atoms with Crippen LogP contribution in [0.15, 0.2) is 47.4 Å². The summed E-state index contributed by atoms with van der Waals surface area (Å²) in [5.41, 5.74) is 0.595. The van der Waals surface area contributed by atoms with E-state index in [1.165, 1.54) is 22.5 Å². The van der Waals surface area contributed by atoms with Crippen molar-refractivity contribution in [1.29, 1.82) is 0 Å². The molecule has 0 aliphatic carbocycles. The zero-order valence-corrected chi connectivity index (χ0v) is 18.6. The highest BCUT2D eigenvalue weighted by atomic mass is 35.5. The summed E-state index contributed by atoms with van der Waals surface area (Å²) in [6.07, 6.45) is 2.28. The van der Waals surface area contributed by atoms with Gasteiger partial charge in [0, 0.05) is 25.1 Å². The van der Waals surface area contributed by atoms with Crippen LogP contribution < -0.4 is 10.1 Å². The van der Waals surface area contributed by atoms with Gasteiger partial charge in [0.25, 0.3) is 5.91 Å². The van der Waals surface area contributed by atoms with Crippen molar-refractivity contribution in [3.05, 3.63) is 58.6 Å². The van der Waals surface area contributed by atoms with E-state index in [0.717, 1.165) is 24.2 Å². The lowest BCUT2D eigenvalue weighted by Gasteiger charge is -2.37. The number of nitrogens with zero attached hydrogens (tertiary/aromatic N) is 1. The second-order valence-corrected chi connectivity index (χ2v) is 10.7. The summed E-state index contributed by atoms with van der Waals surface area (Å²) in [4.78, 5) is 13.2. The van der Waals surface area contributed by atoms with E-state index < -0.39 is 21.5 Å². The Morgan fingerprint density at radius 2 is 1.87 bits per heavy atom. The van der Waals surface area contributed by atoms with Crippen LogP contribution in [0.25, 0.3) is 0 Å². The molecule has 1 fully saturated rings. The van der Waals surface area contributed by atoms with Gasteiger partial charge in [-0.3, -0.25) is 4.79 Å². The van der Waals surface area contributed by atoms with Gasteiger partial charge in [0.1, 0.15) is 11.4 Å². The number of fused-ring (bicyclic) bond motifs is 1. The average molecular weight is 449 g/mol. The second kappa shape index (κ2) is 7.87. The molecule has 0 aromatic heterocycles. The first-order valence-corrected chi connectivity index (χ1v) is 11.9. The molecule has 8 heteroatoms. The molecule has 1 saturated heterocycles. The highest BCUT2D eigenvalue weighted by Gasteiger charge is 2.35. The van der Waals surface area contributed by atoms with Crippen LogP contribution in [-0.2, 0) is 10.0 Å². The predicted octanol–water partition coefficient (Wildman–Crippen LogP) is 4.16. The van der Waals surface area contributed by atoms with Crippen molar-refractivity contribution >= 4 is 27.5 Å². The molecule has 2 aromatic carbocycles. The number of carbonyl (C=O) groups is 1. The minimum Gasteiger partial charge on any atom is -0.487 e. The largest absolute Gasteiger partial charge is 0.487 e. The van der Waals surface area contributed by atoms with Gasteiger partial charge in [0.15, 0.2) is 0 Å². The van der Waals surface area contributed by atoms with Crippen LogP contribution in [0.5, 0.6) is 5.75 Å². The van der Waals surface area contributed by atoms with Crippen molar-refractivity contribution in [1.82, 2.24) is 9.62 Å². The molecule has 0 spiro atoms. The normalized spacial score (nSPS) is 21.0. The predicted molar refractivity (Wildman–Crippen MR) is 115 cm³/mol. The molecule has 0 bridgehead atoms. The maximum Gasteiger partial charge on any atom is 0.253 e. The van der Waals surface area contributed by atoms with Gasteiger partial charge >= 0.3 is 0 Å². The molecule has 2 aromatic rings. The van der Waals surface area contributed by atoms with E-state index in [1.54, 1.807) is 0 Å². The van der Waals surface area contributed by atoms with Gasteiger partial charge in [-0.2, -0.15) is 4.31 Å². The molecule has 0 radical (unpaired) electrons. The summed E-state index contributed by atoms with van der Waals surface area (Å²) in [5, 5.41) is 3.24. The SMILES string of the molecule is CC1(C)C[C@H](NC(=O)c2cc(S(=O)(=O)N3CCCC3)ccc2Cl)c2ccccc2O1. The summed E-state index contributed by atoms with van der Waals surface area (Å²) in [6.45, 7) is 4.94. The summed E-state index contributed by atoms with van der Waals surface area (Å²) in [7, 11) is -3.64. The zero-order valence-electron chi connectivity index (χ0n) is 17.0. The number of hydrogen-bond acceptors (Lipinski definition) is 4. The fraction of sp³-hybridized carbons (Fsp3) is 0.409. The Labute approximate surface area is 182 Å². The Bertz CT molecular complexity index is 1080. The Balaban J connectivity index is 1.63. The minimum atomic E-state index is -3.64. The molecule has 2 aliphatic heterocycles. The van der Waals surface area contributed by atoms with Gasteiger partial charge in [0.05, 0.1) is 21.5 Å². The van der Waals surface area contributed by atoms with Gasteiger partial charge in [0.2, 0.25) is 10.0 Å². The van der Waals surface area contributed by atoms with Gasteiger partial charge in [-0.25, -0.2) is 8.42 Å². The fourth-order valence-electron chi connectivity index (χ4n) is 4.08. The van der Waals surface area contributed by atoms with E-state index in [-0.39, 0.29) is 21.5 Å². The van der Waals surface area contributed by atoms with Crippen LogP contribution in [0.1, 0.15) is 55.1 Å². The number of benzene rings is 2. The number of halogens is 1. The number of sulfonamides is 1. The van der Waals surface area contributed by atoms with Gasteiger partial charge in [-0.05, 0) is 51.0 Å². The molecule has 6 nitrogen and oxygen atoms in total. The maximum atomic E-state index is 13.1. The number of rotatable bonds is 4. The van der Waals surface area contributed by atoms with Crippen LogP contribution in [0, 0.1) is 0 Å². The Morgan fingerprint density at radius 3 is 2.60 bits per heavy atom. The molecule has 1 N–H and O–H groups in total. The molecule has 2 aliphatic rings. The molecule has 30 heavy (non-hydrogen) atoms. The minimum absolute atomic E-state index is 0.0895. The topological polar surface area (TPSA) is 75.7 Å². The van der Waals surface area contributed by atoms with Crippen LogP contribution >= 0.6 is 11.6 Å². The highest BCUT2D eigenvalue weighted by Crippen LogP contribution is 2.39. The molecule has 4 rings (SSSR count). The van der Waals surface area contributed by atoms with Gasteiger partial charge in [-0.15, -0.1) is 0 Å². The van der Waals surface area contributed by atoms with Crippen molar-refractivity contribution in [2.24, 2.45) is 0 Å². The lowest BCUT2D eigenvalue weighted by Crippen LogP contribution is -2.41. The van der Waals surface area contributed by atoms with Crippen LogP contribution in [-0.4, -0.2) is 37.3 Å². The molecule has 0 unspecified atom stereocenters. The fourth-order valence-corrected chi connectivity index (χ4v) is 5.83. The standard InChI is InChI=1S/C22H25ClN2O4S/c1-22(2)14-19(16-7-3-4-8-20(16)29-22)24-21(26)17-13-15(9-10-18(17)23)30(27,28)25-11-5-6-12-25/h3-4,7-10,13,19H,5-6,11-12,14H2,1-2H3,(H,24,26)/t19-/m0/s1. The molecular weight excluding hydrogens is 424 g/mol. The zero-order chi connectivity index (χ0) is 21.5. The highest BCUT2D eigenvalue weighted by molar-refractivity contribution is 7.89. The van der Waals surface area contributed by atoms with Crippen molar-refractivity contribution < 1.29 is 17.9 Å². The van der Waals surface area contributed by atoms with E-state index in [1.807, 2.05) is 38.1 Å². The van der Waals surface area contributed by atoms with Crippen molar-refractivity contribution in [3.63, 3.8) is 0 Å². The molecule has 1 atom stereocenters. The smallest absolute Gasteiger partial charge is 0.253 e.